The molecule has 186 valence electrons. The molecule has 0 radical (unpaired) electrons. The maximum atomic E-state index is 13.3. The van der Waals surface area contributed by atoms with Crippen LogP contribution in [0.2, 0.25) is 0 Å². The average molecular weight is 479 g/mol. The molecule has 1 N–H and O–H groups in total. The molecule has 2 aromatic carbocycles. The van der Waals surface area contributed by atoms with Crippen LogP contribution in [-0.4, -0.2) is 61.3 Å². The van der Waals surface area contributed by atoms with Crippen LogP contribution in [0.15, 0.2) is 42.5 Å². The van der Waals surface area contributed by atoms with Crippen molar-refractivity contribution in [2.45, 2.75) is 44.6 Å². The van der Waals surface area contributed by atoms with Gasteiger partial charge >= 0.3 is 0 Å². The summed E-state index contributed by atoms with van der Waals surface area (Å²) in [5.41, 5.74) is 0.993. The van der Waals surface area contributed by atoms with Gasteiger partial charge in [0.05, 0.1) is 10.5 Å². The second kappa shape index (κ2) is 11.0. The number of anilines is 1. The van der Waals surface area contributed by atoms with Gasteiger partial charge in [0, 0.05) is 57.0 Å². The smallest absolute Gasteiger partial charge is 0.293 e. The first-order valence-electron chi connectivity index (χ1n) is 12.5. The predicted molar refractivity (Wildman–Crippen MR) is 136 cm³/mol. The van der Waals surface area contributed by atoms with Crippen molar-refractivity contribution in [3.05, 3.63) is 69.3 Å². The van der Waals surface area contributed by atoms with Gasteiger partial charge in [0.1, 0.15) is 5.69 Å². The first-order valence-corrected chi connectivity index (χ1v) is 12.5. The molecule has 2 fully saturated rings. The lowest BCUT2D eigenvalue weighted by Crippen LogP contribution is -2.45. The van der Waals surface area contributed by atoms with Gasteiger partial charge in [-0.1, -0.05) is 31.0 Å². The lowest BCUT2D eigenvalue weighted by Gasteiger charge is -2.34. The molecule has 35 heavy (non-hydrogen) atoms. The van der Waals surface area contributed by atoms with Gasteiger partial charge in [0.25, 0.3) is 11.6 Å². The number of carbonyl (C=O) groups excluding carboxylic acids is 2. The highest BCUT2D eigenvalue weighted by Gasteiger charge is 2.27. The van der Waals surface area contributed by atoms with E-state index in [1.165, 1.54) is 31.7 Å². The van der Waals surface area contributed by atoms with Gasteiger partial charge in [-0.25, -0.2) is 0 Å². The predicted octanol–water partition coefficient (Wildman–Crippen LogP) is 4.28. The highest BCUT2D eigenvalue weighted by atomic mass is 16.6. The zero-order chi connectivity index (χ0) is 24.9. The standard InChI is InChI=1S/C27H34N4O4/c1-29(2)24-12-11-20(17-25(24)31(34)35)26(32)22-9-5-6-10-23(22)27(33)28-21-13-15-30(16-14-21)18-19-7-3-4-8-19/h5-6,9-12,17,19,21H,3-4,7-8,13-16,18H2,1-2H3,(H,28,33). The molecule has 1 saturated carbocycles. The third-order valence-electron chi connectivity index (χ3n) is 7.25. The summed E-state index contributed by atoms with van der Waals surface area (Å²) in [6, 6.07) is 11.2. The zero-order valence-corrected chi connectivity index (χ0v) is 20.5. The van der Waals surface area contributed by atoms with Crippen LogP contribution in [-0.2, 0) is 0 Å². The normalized spacial score (nSPS) is 17.3. The van der Waals surface area contributed by atoms with Crippen LogP contribution < -0.4 is 10.2 Å². The van der Waals surface area contributed by atoms with E-state index < -0.39 is 10.7 Å². The number of piperidine rings is 1. The largest absolute Gasteiger partial charge is 0.372 e. The van der Waals surface area contributed by atoms with Gasteiger partial charge in [-0.15, -0.1) is 0 Å². The van der Waals surface area contributed by atoms with Crippen molar-refractivity contribution in [1.29, 1.82) is 0 Å². The molecule has 0 spiro atoms. The summed E-state index contributed by atoms with van der Waals surface area (Å²) in [7, 11) is 3.42. The van der Waals surface area contributed by atoms with Crippen molar-refractivity contribution in [3.8, 4) is 0 Å². The monoisotopic (exact) mass is 478 g/mol. The Bertz CT molecular complexity index is 1090. The van der Waals surface area contributed by atoms with Gasteiger partial charge in [0.2, 0.25) is 0 Å². The molecule has 8 heteroatoms. The Hall–Kier alpha value is -3.26. The first-order chi connectivity index (χ1) is 16.8. The molecule has 8 nitrogen and oxygen atoms in total. The topological polar surface area (TPSA) is 95.8 Å². The molecule has 2 aliphatic rings. The van der Waals surface area contributed by atoms with E-state index in [0.29, 0.717) is 11.3 Å². The Morgan fingerprint density at radius 1 is 1.03 bits per heavy atom. The van der Waals surface area contributed by atoms with E-state index in [4.69, 9.17) is 0 Å². The molecule has 1 heterocycles. The number of nitro benzene ring substituents is 1. The fraction of sp³-hybridized carbons (Fsp3) is 0.481. The summed E-state index contributed by atoms with van der Waals surface area (Å²) >= 11 is 0. The molecule has 0 atom stereocenters. The van der Waals surface area contributed by atoms with Crippen molar-refractivity contribution in [2.24, 2.45) is 5.92 Å². The van der Waals surface area contributed by atoms with E-state index in [1.807, 2.05) is 0 Å². The molecule has 0 aromatic heterocycles. The number of nitrogens with zero attached hydrogens (tertiary/aromatic N) is 3. The molecular weight excluding hydrogens is 444 g/mol. The summed E-state index contributed by atoms with van der Waals surface area (Å²) in [5, 5.41) is 14.7. The Morgan fingerprint density at radius 3 is 2.31 bits per heavy atom. The SMILES string of the molecule is CN(C)c1ccc(C(=O)c2ccccc2C(=O)NC2CCN(CC3CCCC3)CC2)cc1[N+](=O)[O-]. The van der Waals surface area contributed by atoms with E-state index >= 15 is 0 Å². The molecule has 0 bridgehead atoms. The summed E-state index contributed by atoms with van der Waals surface area (Å²) in [6.07, 6.45) is 7.16. The minimum Gasteiger partial charge on any atom is -0.372 e. The molecule has 2 aromatic rings. The van der Waals surface area contributed by atoms with Gasteiger partial charge in [0.15, 0.2) is 5.78 Å². The number of likely N-dealkylation sites (tertiary alicyclic amines) is 1. The van der Waals surface area contributed by atoms with E-state index in [-0.39, 0.29) is 28.8 Å². The number of ketones is 1. The quantitative estimate of drug-likeness (QED) is 0.346. The lowest BCUT2D eigenvalue weighted by molar-refractivity contribution is -0.384. The van der Waals surface area contributed by atoms with E-state index in [2.05, 4.69) is 10.2 Å². The number of hydrogen-bond donors (Lipinski definition) is 1. The Labute approximate surface area is 206 Å². The summed E-state index contributed by atoms with van der Waals surface area (Å²) in [6.45, 7) is 3.12. The van der Waals surface area contributed by atoms with E-state index in [1.54, 1.807) is 55.4 Å². The molecule has 0 unspecified atom stereocenters. The fourth-order valence-corrected chi connectivity index (χ4v) is 5.30. The van der Waals surface area contributed by atoms with Crippen LogP contribution in [0.25, 0.3) is 0 Å². The average Bonchev–Trinajstić information content (AvgIpc) is 3.37. The molecule has 1 aliphatic heterocycles. The summed E-state index contributed by atoms with van der Waals surface area (Å²) in [4.78, 5) is 41.7. The third-order valence-corrected chi connectivity index (χ3v) is 7.25. The van der Waals surface area contributed by atoms with E-state index in [9.17, 15) is 19.7 Å². The second-order valence-corrected chi connectivity index (χ2v) is 9.93. The minimum absolute atomic E-state index is 0.0750. The number of benzene rings is 2. The number of nitro groups is 1. The number of rotatable bonds is 8. The fourth-order valence-electron chi connectivity index (χ4n) is 5.30. The van der Waals surface area contributed by atoms with Crippen molar-refractivity contribution in [3.63, 3.8) is 0 Å². The molecular formula is C27H34N4O4. The van der Waals surface area contributed by atoms with Gasteiger partial charge in [-0.05, 0) is 49.8 Å². The number of hydrogen-bond acceptors (Lipinski definition) is 6. The highest BCUT2D eigenvalue weighted by molar-refractivity contribution is 6.15. The summed E-state index contributed by atoms with van der Waals surface area (Å²) < 4.78 is 0. The minimum atomic E-state index is -0.496. The lowest BCUT2D eigenvalue weighted by atomic mass is 9.96. The van der Waals surface area contributed by atoms with Gasteiger partial charge in [-0.2, -0.15) is 0 Å². The molecule has 1 aliphatic carbocycles. The molecule has 4 rings (SSSR count). The zero-order valence-electron chi connectivity index (χ0n) is 20.5. The van der Waals surface area contributed by atoms with Crippen LogP contribution in [0.4, 0.5) is 11.4 Å². The van der Waals surface area contributed by atoms with Crippen molar-refractivity contribution >= 4 is 23.1 Å². The van der Waals surface area contributed by atoms with Crippen LogP contribution >= 0.6 is 0 Å². The van der Waals surface area contributed by atoms with Gasteiger partial charge in [-0.3, -0.25) is 19.7 Å². The van der Waals surface area contributed by atoms with Crippen LogP contribution in [0.5, 0.6) is 0 Å². The third kappa shape index (κ3) is 5.88. The summed E-state index contributed by atoms with van der Waals surface area (Å²) in [5.74, 6) is 0.139. The molecule has 1 amide bonds. The van der Waals surface area contributed by atoms with E-state index in [0.717, 1.165) is 38.4 Å². The highest BCUT2D eigenvalue weighted by Crippen LogP contribution is 2.29. The van der Waals surface area contributed by atoms with Gasteiger partial charge < -0.3 is 15.1 Å². The Balaban J connectivity index is 1.44. The van der Waals surface area contributed by atoms with Crippen LogP contribution in [0.3, 0.4) is 0 Å². The Kier molecular flexibility index (Phi) is 7.80. The van der Waals surface area contributed by atoms with Crippen molar-refractivity contribution in [2.75, 3.05) is 38.6 Å². The maximum absolute atomic E-state index is 13.3. The number of amides is 1. The Morgan fingerprint density at radius 2 is 1.69 bits per heavy atom. The molecule has 1 saturated heterocycles. The van der Waals surface area contributed by atoms with Crippen LogP contribution in [0.1, 0.15) is 64.8 Å². The second-order valence-electron chi connectivity index (χ2n) is 9.93. The number of carbonyl (C=O) groups is 2. The van der Waals surface area contributed by atoms with Crippen LogP contribution in [0, 0.1) is 16.0 Å². The first kappa shape index (κ1) is 24.9. The maximum Gasteiger partial charge on any atom is 0.293 e. The number of nitrogens with one attached hydrogen (secondary N) is 1. The van der Waals surface area contributed by atoms with Crippen molar-refractivity contribution in [1.82, 2.24) is 10.2 Å². The van der Waals surface area contributed by atoms with Crippen molar-refractivity contribution < 1.29 is 14.5 Å².